The summed E-state index contributed by atoms with van der Waals surface area (Å²) in [6.07, 6.45) is 1.11. The molecule has 1 aliphatic rings. The first-order valence-electron chi connectivity index (χ1n) is 5.86. The molecule has 1 unspecified atom stereocenters. The highest BCUT2D eigenvalue weighted by Gasteiger charge is 2.22. The minimum Gasteiger partial charge on any atom is -0.339 e. The van der Waals surface area contributed by atoms with Crippen molar-refractivity contribution < 1.29 is 4.52 Å². The summed E-state index contributed by atoms with van der Waals surface area (Å²) in [5.74, 6) is 4.81. The van der Waals surface area contributed by atoms with Crippen LogP contribution in [0.15, 0.2) is 4.52 Å². The summed E-state index contributed by atoms with van der Waals surface area (Å²) in [5, 5.41) is 7.33. The molecule has 0 saturated carbocycles. The Morgan fingerprint density at radius 3 is 3.12 bits per heavy atom. The number of rotatable bonds is 5. The van der Waals surface area contributed by atoms with E-state index in [2.05, 4.69) is 29.3 Å². The molecular formula is C11H19N3OS. The molecule has 1 atom stereocenters. The van der Waals surface area contributed by atoms with E-state index in [0.717, 1.165) is 48.6 Å². The van der Waals surface area contributed by atoms with Crippen LogP contribution in [0, 0.1) is 5.92 Å². The van der Waals surface area contributed by atoms with Gasteiger partial charge >= 0.3 is 0 Å². The molecule has 0 bridgehead atoms. The molecule has 2 rings (SSSR count). The molecule has 1 aromatic heterocycles. The second-order valence-electron chi connectivity index (χ2n) is 4.65. The molecule has 4 nitrogen and oxygen atoms in total. The maximum Gasteiger partial charge on any atom is 0.231 e. The van der Waals surface area contributed by atoms with Crippen LogP contribution in [0.1, 0.15) is 37.9 Å². The van der Waals surface area contributed by atoms with Crippen LogP contribution in [0.4, 0.5) is 0 Å². The fraction of sp³-hybridized carbons (Fsp3) is 0.818. The van der Waals surface area contributed by atoms with Crippen LogP contribution in [0.5, 0.6) is 0 Å². The van der Waals surface area contributed by atoms with Crippen LogP contribution in [-0.4, -0.2) is 29.0 Å². The minimum absolute atomic E-state index is 0.427. The Labute approximate surface area is 101 Å². The van der Waals surface area contributed by atoms with Gasteiger partial charge in [-0.2, -0.15) is 16.7 Å². The van der Waals surface area contributed by atoms with Gasteiger partial charge in [0.05, 0.1) is 11.7 Å². The Balaban J connectivity index is 1.82. The highest BCUT2D eigenvalue weighted by atomic mass is 32.2. The van der Waals surface area contributed by atoms with E-state index in [1.54, 1.807) is 0 Å². The van der Waals surface area contributed by atoms with Gasteiger partial charge in [0.25, 0.3) is 0 Å². The zero-order valence-corrected chi connectivity index (χ0v) is 10.7. The highest BCUT2D eigenvalue weighted by Crippen LogP contribution is 2.21. The molecule has 0 radical (unpaired) electrons. The van der Waals surface area contributed by atoms with E-state index < -0.39 is 0 Å². The number of nitrogens with one attached hydrogen (secondary N) is 1. The molecule has 0 spiro atoms. The summed E-state index contributed by atoms with van der Waals surface area (Å²) in [7, 11) is 0. The number of aromatic nitrogens is 2. The molecule has 16 heavy (non-hydrogen) atoms. The molecule has 90 valence electrons. The lowest BCUT2D eigenvalue weighted by Crippen LogP contribution is -2.08. The third kappa shape index (κ3) is 3.22. The van der Waals surface area contributed by atoms with E-state index in [-0.39, 0.29) is 0 Å². The summed E-state index contributed by atoms with van der Waals surface area (Å²) < 4.78 is 5.29. The Hall–Kier alpha value is -0.550. The lowest BCUT2D eigenvalue weighted by Gasteiger charge is -2.01. The van der Waals surface area contributed by atoms with Gasteiger partial charge in [0, 0.05) is 6.54 Å². The Morgan fingerprint density at radius 2 is 2.44 bits per heavy atom. The molecule has 5 heteroatoms. The van der Waals surface area contributed by atoms with Crippen molar-refractivity contribution in [1.29, 1.82) is 0 Å². The quantitative estimate of drug-likeness (QED) is 0.855. The molecule has 2 heterocycles. The largest absolute Gasteiger partial charge is 0.339 e. The average molecular weight is 241 g/mol. The molecule has 0 aliphatic carbocycles. The van der Waals surface area contributed by atoms with Gasteiger partial charge in [-0.15, -0.1) is 0 Å². The summed E-state index contributed by atoms with van der Waals surface area (Å²) in [6, 6.07) is 0. The second kappa shape index (κ2) is 5.68. The van der Waals surface area contributed by atoms with Gasteiger partial charge in [-0.3, -0.25) is 0 Å². The summed E-state index contributed by atoms with van der Waals surface area (Å²) in [6.45, 7) is 6.48. The van der Waals surface area contributed by atoms with Crippen LogP contribution in [-0.2, 0) is 5.75 Å². The van der Waals surface area contributed by atoms with Crippen molar-refractivity contribution in [3.63, 3.8) is 0 Å². The standard InChI is InChI=1S/C11H19N3OS/c1-8(2)6-16-7-10-13-11(15-14-10)9-3-4-12-5-9/h8-9,12H,3-7H2,1-2H3. The zero-order chi connectivity index (χ0) is 11.4. The van der Waals surface area contributed by atoms with Crippen molar-refractivity contribution in [2.75, 3.05) is 18.8 Å². The normalized spacial score (nSPS) is 20.8. The number of nitrogens with zero attached hydrogens (tertiary/aromatic N) is 2. The van der Waals surface area contributed by atoms with Crippen molar-refractivity contribution in [3.05, 3.63) is 11.7 Å². The first kappa shape index (κ1) is 11.9. The van der Waals surface area contributed by atoms with Crippen LogP contribution < -0.4 is 5.32 Å². The fourth-order valence-electron chi connectivity index (χ4n) is 1.74. The molecular weight excluding hydrogens is 222 g/mol. The molecule has 1 aliphatic heterocycles. The first-order chi connectivity index (χ1) is 7.75. The van der Waals surface area contributed by atoms with Crippen molar-refractivity contribution in [1.82, 2.24) is 15.5 Å². The zero-order valence-electron chi connectivity index (χ0n) is 9.90. The fourth-order valence-corrected chi connectivity index (χ4v) is 2.63. The van der Waals surface area contributed by atoms with E-state index in [4.69, 9.17) is 4.52 Å². The average Bonchev–Trinajstić information content (AvgIpc) is 2.85. The Bertz CT molecular complexity index is 321. The molecule has 0 aromatic carbocycles. The third-order valence-corrected chi connectivity index (χ3v) is 3.94. The van der Waals surface area contributed by atoms with Gasteiger partial charge in [-0.05, 0) is 24.6 Å². The lowest BCUT2D eigenvalue weighted by molar-refractivity contribution is 0.355. The highest BCUT2D eigenvalue weighted by molar-refractivity contribution is 7.98. The van der Waals surface area contributed by atoms with Gasteiger partial charge in [-0.1, -0.05) is 19.0 Å². The van der Waals surface area contributed by atoms with Crippen molar-refractivity contribution in [2.45, 2.75) is 31.9 Å². The second-order valence-corrected chi connectivity index (χ2v) is 5.68. The van der Waals surface area contributed by atoms with E-state index in [1.807, 2.05) is 11.8 Å². The predicted molar refractivity (Wildman–Crippen MR) is 65.5 cm³/mol. The van der Waals surface area contributed by atoms with Crippen molar-refractivity contribution >= 4 is 11.8 Å². The maximum atomic E-state index is 5.29. The van der Waals surface area contributed by atoms with E-state index >= 15 is 0 Å². The third-order valence-electron chi connectivity index (χ3n) is 2.58. The summed E-state index contributed by atoms with van der Waals surface area (Å²) >= 11 is 1.87. The van der Waals surface area contributed by atoms with E-state index in [0.29, 0.717) is 5.92 Å². The molecule has 1 N–H and O–H groups in total. The molecule has 1 aromatic rings. The van der Waals surface area contributed by atoms with E-state index in [9.17, 15) is 0 Å². The van der Waals surface area contributed by atoms with Gasteiger partial charge in [0.1, 0.15) is 0 Å². The SMILES string of the molecule is CC(C)CSCc1noc(C2CCNC2)n1. The minimum atomic E-state index is 0.427. The Morgan fingerprint density at radius 1 is 1.56 bits per heavy atom. The molecule has 0 amide bonds. The van der Waals surface area contributed by atoms with Gasteiger partial charge in [-0.25, -0.2) is 0 Å². The lowest BCUT2D eigenvalue weighted by atomic mass is 10.1. The number of hydrogen-bond acceptors (Lipinski definition) is 5. The summed E-state index contributed by atoms with van der Waals surface area (Å²) in [4.78, 5) is 4.45. The van der Waals surface area contributed by atoms with Crippen LogP contribution in [0.2, 0.25) is 0 Å². The topological polar surface area (TPSA) is 51.0 Å². The first-order valence-corrected chi connectivity index (χ1v) is 7.02. The molecule has 1 saturated heterocycles. The maximum absolute atomic E-state index is 5.29. The van der Waals surface area contributed by atoms with Crippen molar-refractivity contribution in [3.8, 4) is 0 Å². The molecule has 1 fully saturated rings. The summed E-state index contributed by atoms with van der Waals surface area (Å²) in [5.41, 5.74) is 0. The van der Waals surface area contributed by atoms with Crippen LogP contribution in [0.3, 0.4) is 0 Å². The number of thioether (sulfide) groups is 1. The monoisotopic (exact) mass is 241 g/mol. The number of hydrogen-bond donors (Lipinski definition) is 1. The van der Waals surface area contributed by atoms with Crippen molar-refractivity contribution in [2.24, 2.45) is 5.92 Å². The van der Waals surface area contributed by atoms with Crippen LogP contribution in [0.25, 0.3) is 0 Å². The van der Waals surface area contributed by atoms with Gasteiger partial charge < -0.3 is 9.84 Å². The van der Waals surface area contributed by atoms with Gasteiger partial charge in [0.2, 0.25) is 5.89 Å². The predicted octanol–water partition coefficient (Wildman–Crippen LogP) is 2.04. The van der Waals surface area contributed by atoms with Gasteiger partial charge in [0.15, 0.2) is 5.82 Å². The van der Waals surface area contributed by atoms with E-state index in [1.165, 1.54) is 0 Å². The Kier molecular flexibility index (Phi) is 4.23. The van der Waals surface area contributed by atoms with Crippen LogP contribution >= 0.6 is 11.8 Å². The smallest absolute Gasteiger partial charge is 0.231 e.